The number of benzene rings is 1. The fraction of sp³-hybridized carbons (Fsp3) is 0.294. The summed E-state index contributed by atoms with van der Waals surface area (Å²) in [5.41, 5.74) is 1.35. The second kappa shape index (κ2) is 7.06. The maximum atomic E-state index is 12.7. The Hall–Kier alpha value is -2.67. The van der Waals surface area contributed by atoms with Crippen LogP contribution in [0.25, 0.3) is 11.1 Å². The first-order valence-electron chi connectivity index (χ1n) is 7.86. The number of halogens is 1. The van der Waals surface area contributed by atoms with Gasteiger partial charge in [0.15, 0.2) is 0 Å². The van der Waals surface area contributed by atoms with Gasteiger partial charge in [-0.15, -0.1) is 0 Å². The molecule has 0 fully saturated rings. The Morgan fingerprint density at radius 2 is 2.04 bits per heavy atom. The lowest BCUT2D eigenvalue weighted by Crippen LogP contribution is -2.33. The molecule has 0 unspecified atom stereocenters. The summed E-state index contributed by atoms with van der Waals surface area (Å²) in [6.07, 6.45) is 0.551. The van der Waals surface area contributed by atoms with Gasteiger partial charge < -0.3 is 9.84 Å². The van der Waals surface area contributed by atoms with Crippen molar-refractivity contribution >= 4 is 28.6 Å². The Labute approximate surface area is 148 Å². The molecule has 25 heavy (non-hydrogen) atoms. The molecular formula is C17H17ClN4O3. The van der Waals surface area contributed by atoms with Gasteiger partial charge in [0.1, 0.15) is 17.8 Å². The minimum atomic E-state index is -0.317. The molecule has 3 rings (SSSR count). The highest BCUT2D eigenvalue weighted by Gasteiger charge is 2.17. The summed E-state index contributed by atoms with van der Waals surface area (Å²) in [6, 6.07) is 7.18. The van der Waals surface area contributed by atoms with Crippen molar-refractivity contribution in [2.75, 3.05) is 0 Å². The third-order valence-electron chi connectivity index (χ3n) is 3.90. The van der Waals surface area contributed by atoms with Gasteiger partial charge in [-0.25, -0.2) is 0 Å². The average Bonchev–Trinajstić information content (AvgIpc) is 3.01. The molecule has 8 heteroatoms. The lowest BCUT2D eigenvalue weighted by atomic mass is 10.2. The highest BCUT2D eigenvalue weighted by atomic mass is 35.5. The van der Waals surface area contributed by atoms with E-state index in [-0.39, 0.29) is 23.7 Å². The Balaban J connectivity index is 1.78. The van der Waals surface area contributed by atoms with Crippen LogP contribution in [-0.4, -0.2) is 20.6 Å². The van der Waals surface area contributed by atoms with Gasteiger partial charge in [-0.2, -0.15) is 4.98 Å². The lowest BCUT2D eigenvalue weighted by Gasteiger charge is -2.10. The van der Waals surface area contributed by atoms with Crippen molar-refractivity contribution in [3.8, 4) is 0 Å². The molecule has 0 saturated carbocycles. The van der Waals surface area contributed by atoms with E-state index in [0.717, 1.165) is 5.56 Å². The van der Waals surface area contributed by atoms with Crippen molar-refractivity contribution in [3.05, 3.63) is 56.7 Å². The number of aromatic nitrogens is 3. The predicted octanol–water partition coefficient (Wildman–Crippen LogP) is 2.23. The second-order valence-electron chi connectivity index (χ2n) is 5.62. The van der Waals surface area contributed by atoms with E-state index in [4.69, 9.17) is 16.1 Å². The summed E-state index contributed by atoms with van der Waals surface area (Å²) in [7, 11) is 0. The molecule has 0 radical (unpaired) electrons. The smallest absolute Gasteiger partial charge is 0.267 e. The maximum absolute atomic E-state index is 12.7. The molecular weight excluding hydrogens is 344 g/mol. The van der Waals surface area contributed by atoms with Crippen molar-refractivity contribution in [2.45, 2.75) is 33.4 Å². The van der Waals surface area contributed by atoms with E-state index in [1.54, 1.807) is 19.1 Å². The van der Waals surface area contributed by atoms with E-state index in [2.05, 4.69) is 15.5 Å². The summed E-state index contributed by atoms with van der Waals surface area (Å²) in [5.74, 6) is 0.119. The monoisotopic (exact) mass is 360 g/mol. The molecule has 2 heterocycles. The second-order valence-corrected chi connectivity index (χ2v) is 6.05. The van der Waals surface area contributed by atoms with Crippen LogP contribution in [-0.2, 0) is 24.3 Å². The van der Waals surface area contributed by atoms with Gasteiger partial charge >= 0.3 is 0 Å². The van der Waals surface area contributed by atoms with Crippen molar-refractivity contribution in [1.29, 1.82) is 0 Å². The molecule has 1 aromatic carbocycles. The molecule has 0 bridgehead atoms. The van der Waals surface area contributed by atoms with Crippen LogP contribution in [0.5, 0.6) is 0 Å². The van der Waals surface area contributed by atoms with E-state index in [0.29, 0.717) is 34.9 Å². The minimum Gasteiger partial charge on any atom is -0.350 e. The number of amides is 1. The van der Waals surface area contributed by atoms with Crippen LogP contribution in [0.2, 0.25) is 5.02 Å². The molecule has 0 atom stereocenters. The fourth-order valence-corrected chi connectivity index (χ4v) is 2.65. The summed E-state index contributed by atoms with van der Waals surface area (Å²) >= 11 is 5.83. The van der Waals surface area contributed by atoms with Crippen LogP contribution < -0.4 is 10.9 Å². The average molecular weight is 361 g/mol. The Morgan fingerprint density at radius 3 is 2.72 bits per heavy atom. The fourth-order valence-electron chi connectivity index (χ4n) is 2.52. The number of nitrogens with one attached hydrogen (secondary N) is 1. The number of rotatable bonds is 5. The van der Waals surface area contributed by atoms with Crippen molar-refractivity contribution in [3.63, 3.8) is 0 Å². The van der Waals surface area contributed by atoms with Gasteiger partial charge in [0, 0.05) is 11.6 Å². The van der Waals surface area contributed by atoms with Crippen LogP contribution in [0.1, 0.15) is 24.0 Å². The Morgan fingerprint density at radius 1 is 1.32 bits per heavy atom. The largest absolute Gasteiger partial charge is 0.350 e. The molecule has 0 aliphatic rings. The molecule has 130 valence electrons. The SMILES string of the molecule is CCc1noc2nc(C)n(CC(=O)NCc3ccc(Cl)cc3)c(=O)c12. The number of nitrogens with zero attached hydrogens (tertiary/aromatic N) is 3. The first kappa shape index (κ1) is 17.2. The zero-order chi connectivity index (χ0) is 18.0. The van der Waals surface area contributed by atoms with Crippen molar-refractivity contribution < 1.29 is 9.32 Å². The highest BCUT2D eigenvalue weighted by Crippen LogP contribution is 2.13. The van der Waals surface area contributed by atoms with Crippen molar-refractivity contribution in [2.24, 2.45) is 0 Å². The minimum absolute atomic E-state index is 0.116. The molecule has 3 aromatic rings. The lowest BCUT2D eigenvalue weighted by molar-refractivity contribution is -0.121. The van der Waals surface area contributed by atoms with Gasteiger partial charge in [-0.1, -0.05) is 35.8 Å². The normalized spacial score (nSPS) is 11.0. The van der Waals surface area contributed by atoms with E-state index >= 15 is 0 Å². The summed E-state index contributed by atoms with van der Waals surface area (Å²) in [6.45, 7) is 3.77. The molecule has 0 aliphatic carbocycles. The summed E-state index contributed by atoms with van der Waals surface area (Å²) in [5, 5.41) is 7.61. The van der Waals surface area contributed by atoms with Crippen LogP contribution in [0, 0.1) is 6.92 Å². The molecule has 7 nitrogen and oxygen atoms in total. The van der Waals surface area contributed by atoms with Gasteiger partial charge in [0.25, 0.3) is 11.3 Å². The number of hydrogen-bond donors (Lipinski definition) is 1. The van der Waals surface area contributed by atoms with Gasteiger partial charge in [-0.3, -0.25) is 14.2 Å². The molecule has 0 saturated heterocycles. The quantitative estimate of drug-likeness (QED) is 0.753. The number of aryl methyl sites for hydroxylation is 2. The number of carbonyl (C=O) groups excluding carboxylic acids is 1. The van der Waals surface area contributed by atoms with E-state index in [9.17, 15) is 9.59 Å². The maximum Gasteiger partial charge on any atom is 0.267 e. The first-order valence-corrected chi connectivity index (χ1v) is 8.24. The Kier molecular flexibility index (Phi) is 4.85. The number of fused-ring (bicyclic) bond motifs is 1. The van der Waals surface area contributed by atoms with Crippen LogP contribution in [0.4, 0.5) is 0 Å². The molecule has 0 aliphatic heterocycles. The van der Waals surface area contributed by atoms with Crippen molar-refractivity contribution in [1.82, 2.24) is 20.0 Å². The topological polar surface area (TPSA) is 90.0 Å². The number of carbonyl (C=O) groups is 1. The molecule has 2 aromatic heterocycles. The van der Waals surface area contributed by atoms with Gasteiger partial charge in [0.2, 0.25) is 5.91 Å². The van der Waals surface area contributed by atoms with Crippen LogP contribution in [0.3, 0.4) is 0 Å². The molecule has 0 spiro atoms. The third-order valence-corrected chi connectivity index (χ3v) is 4.15. The van der Waals surface area contributed by atoms with E-state index in [1.807, 2.05) is 19.1 Å². The first-order chi connectivity index (χ1) is 12.0. The van der Waals surface area contributed by atoms with Gasteiger partial charge in [0.05, 0.1) is 5.69 Å². The summed E-state index contributed by atoms with van der Waals surface area (Å²) in [4.78, 5) is 29.1. The third kappa shape index (κ3) is 3.56. The highest BCUT2D eigenvalue weighted by molar-refractivity contribution is 6.30. The standard InChI is InChI=1S/C17H17ClN4O3/c1-3-13-15-16(25-21-13)20-10(2)22(17(15)24)9-14(23)19-8-11-4-6-12(18)7-5-11/h4-7H,3,8-9H2,1-2H3,(H,19,23). The zero-order valence-corrected chi connectivity index (χ0v) is 14.6. The van der Waals surface area contributed by atoms with Crippen LogP contribution >= 0.6 is 11.6 Å². The summed E-state index contributed by atoms with van der Waals surface area (Å²) < 4.78 is 6.42. The molecule has 1 N–H and O–H groups in total. The Bertz CT molecular complexity index is 976. The molecule has 1 amide bonds. The number of hydrogen-bond acceptors (Lipinski definition) is 5. The van der Waals surface area contributed by atoms with E-state index < -0.39 is 0 Å². The zero-order valence-electron chi connectivity index (χ0n) is 13.9. The predicted molar refractivity (Wildman–Crippen MR) is 93.5 cm³/mol. The van der Waals surface area contributed by atoms with E-state index in [1.165, 1.54) is 4.57 Å². The van der Waals surface area contributed by atoms with Crippen LogP contribution in [0.15, 0.2) is 33.6 Å². The van der Waals surface area contributed by atoms with Gasteiger partial charge in [-0.05, 0) is 31.0 Å².